The monoisotopic (exact) mass is 317 g/mol. The van der Waals surface area contributed by atoms with Gasteiger partial charge in [0.15, 0.2) is 0 Å². The number of hydrogen-bond donors (Lipinski definition) is 1. The Morgan fingerprint density at radius 3 is 2.82 bits per heavy atom. The summed E-state index contributed by atoms with van der Waals surface area (Å²) in [6, 6.07) is 11.0. The average Bonchev–Trinajstić information content (AvgIpc) is 2.46. The minimum absolute atomic E-state index is 0.0741. The van der Waals surface area contributed by atoms with E-state index in [9.17, 15) is 4.79 Å². The van der Waals surface area contributed by atoms with Crippen LogP contribution in [-0.2, 0) is 0 Å². The van der Waals surface area contributed by atoms with Gasteiger partial charge < -0.3 is 15.0 Å². The predicted octanol–water partition coefficient (Wildman–Crippen LogP) is 3.34. The summed E-state index contributed by atoms with van der Waals surface area (Å²) < 4.78 is 5.67. The van der Waals surface area contributed by atoms with Gasteiger partial charge in [0.2, 0.25) is 5.88 Å². The summed E-state index contributed by atoms with van der Waals surface area (Å²) in [6.45, 7) is 3.00. The molecule has 0 atom stereocenters. The number of amides is 2. The van der Waals surface area contributed by atoms with Crippen LogP contribution in [0.1, 0.15) is 5.56 Å². The van der Waals surface area contributed by atoms with Gasteiger partial charge in [-0.3, -0.25) is 0 Å². The summed E-state index contributed by atoms with van der Waals surface area (Å²) in [7, 11) is 0. The summed E-state index contributed by atoms with van der Waals surface area (Å²) in [5, 5.41) is 3.37. The van der Waals surface area contributed by atoms with E-state index in [1.807, 2.05) is 31.2 Å². The Hall–Kier alpha value is -2.27. The van der Waals surface area contributed by atoms with Crippen LogP contribution in [0.5, 0.6) is 5.88 Å². The molecule has 2 aromatic rings. The number of pyridine rings is 1. The average molecular weight is 318 g/mol. The van der Waals surface area contributed by atoms with Gasteiger partial charge in [-0.05, 0) is 30.7 Å². The summed E-state index contributed by atoms with van der Waals surface area (Å²) in [5.41, 5.74) is 1.86. The number of halogens is 1. The van der Waals surface area contributed by atoms with Crippen molar-refractivity contribution in [2.45, 2.75) is 13.0 Å². The van der Waals surface area contributed by atoms with Crippen molar-refractivity contribution in [3.63, 3.8) is 0 Å². The zero-order valence-corrected chi connectivity index (χ0v) is 12.9. The largest absolute Gasteiger partial charge is 0.470 e. The van der Waals surface area contributed by atoms with Crippen molar-refractivity contribution < 1.29 is 9.53 Å². The first-order valence-corrected chi connectivity index (χ1v) is 7.40. The van der Waals surface area contributed by atoms with Crippen molar-refractivity contribution in [3.8, 4) is 5.88 Å². The lowest BCUT2D eigenvalue weighted by Crippen LogP contribution is -2.57. The fraction of sp³-hybridized carbons (Fsp3) is 0.250. The number of ether oxygens (including phenoxy) is 1. The van der Waals surface area contributed by atoms with Gasteiger partial charge in [-0.25, -0.2) is 9.78 Å². The maximum atomic E-state index is 12.1. The lowest BCUT2D eigenvalue weighted by atomic mass is 10.1. The van der Waals surface area contributed by atoms with E-state index >= 15 is 0 Å². The van der Waals surface area contributed by atoms with Crippen LogP contribution in [0.4, 0.5) is 10.5 Å². The van der Waals surface area contributed by atoms with Crippen LogP contribution in [0.15, 0.2) is 42.6 Å². The molecular weight excluding hydrogens is 302 g/mol. The first-order valence-electron chi connectivity index (χ1n) is 7.02. The second kappa shape index (κ2) is 6.23. The molecule has 1 aliphatic rings. The van der Waals surface area contributed by atoms with Crippen LogP contribution in [-0.4, -0.2) is 35.1 Å². The van der Waals surface area contributed by atoms with Gasteiger partial charge in [-0.1, -0.05) is 29.8 Å². The molecule has 0 bridgehead atoms. The van der Waals surface area contributed by atoms with E-state index in [1.54, 1.807) is 23.2 Å². The fourth-order valence-electron chi connectivity index (χ4n) is 2.20. The number of nitrogens with one attached hydrogen (secondary N) is 1. The second-order valence-corrected chi connectivity index (χ2v) is 5.59. The molecule has 0 saturated carbocycles. The molecule has 1 aliphatic heterocycles. The van der Waals surface area contributed by atoms with Crippen LogP contribution >= 0.6 is 11.6 Å². The van der Waals surface area contributed by atoms with E-state index < -0.39 is 0 Å². The van der Waals surface area contributed by atoms with Gasteiger partial charge in [0.1, 0.15) is 11.1 Å². The molecule has 1 aromatic carbocycles. The number of nitrogens with zero attached hydrogens (tertiary/aromatic N) is 2. The Morgan fingerprint density at radius 2 is 2.09 bits per heavy atom. The van der Waals surface area contributed by atoms with Crippen molar-refractivity contribution in [1.82, 2.24) is 9.88 Å². The van der Waals surface area contributed by atoms with Crippen molar-refractivity contribution in [3.05, 3.63) is 53.2 Å². The number of rotatable bonds is 3. The highest BCUT2D eigenvalue weighted by Gasteiger charge is 2.33. The van der Waals surface area contributed by atoms with E-state index in [0.717, 1.165) is 11.3 Å². The number of aryl methyl sites for hydroxylation is 1. The Kier molecular flexibility index (Phi) is 4.15. The van der Waals surface area contributed by atoms with Crippen LogP contribution in [0.25, 0.3) is 0 Å². The molecule has 2 amide bonds. The number of para-hydroxylation sites is 1. The molecule has 1 N–H and O–H groups in total. The molecule has 1 fully saturated rings. The van der Waals surface area contributed by atoms with E-state index in [0.29, 0.717) is 24.0 Å². The quantitative estimate of drug-likeness (QED) is 0.944. The third-order valence-corrected chi connectivity index (χ3v) is 3.81. The Balaban J connectivity index is 1.52. The first-order chi connectivity index (χ1) is 10.6. The van der Waals surface area contributed by atoms with E-state index in [-0.39, 0.29) is 12.1 Å². The van der Waals surface area contributed by atoms with Crippen LogP contribution < -0.4 is 10.1 Å². The number of hydrogen-bond acceptors (Lipinski definition) is 3. The molecule has 6 heteroatoms. The van der Waals surface area contributed by atoms with Crippen molar-refractivity contribution in [2.24, 2.45) is 0 Å². The highest BCUT2D eigenvalue weighted by Crippen LogP contribution is 2.24. The Bertz CT molecular complexity index is 687. The van der Waals surface area contributed by atoms with Gasteiger partial charge in [0.05, 0.1) is 13.1 Å². The first kappa shape index (κ1) is 14.7. The summed E-state index contributed by atoms with van der Waals surface area (Å²) in [5.74, 6) is 0.410. The number of urea groups is 1. The number of carbonyl (C=O) groups is 1. The van der Waals surface area contributed by atoms with Gasteiger partial charge >= 0.3 is 6.03 Å². The minimum Gasteiger partial charge on any atom is -0.470 e. The molecule has 2 heterocycles. The molecule has 22 heavy (non-hydrogen) atoms. The number of anilines is 1. The highest BCUT2D eigenvalue weighted by molar-refractivity contribution is 6.31. The van der Waals surface area contributed by atoms with Crippen LogP contribution in [0.3, 0.4) is 0 Å². The lowest BCUT2D eigenvalue weighted by molar-refractivity contribution is 0.0461. The molecule has 114 valence electrons. The fourth-order valence-corrected chi connectivity index (χ4v) is 2.37. The molecule has 0 aliphatic carbocycles. The molecule has 0 unspecified atom stereocenters. The molecule has 0 radical (unpaired) electrons. The summed E-state index contributed by atoms with van der Waals surface area (Å²) in [6.07, 6.45) is 1.55. The maximum Gasteiger partial charge on any atom is 0.322 e. The van der Waals surface area contributed by atoms with Gasteiger partial charge in [-0.2, -0.15) is 0 Å². The highest BCUT2D eigenvalue weighted by atomic mass is 35.5. The Labute approximate surface area is 133 Å². The summed E-state index contributed by atoms with van der Waals surface area (Å²) >= 11 is 5.99. The van der Waals surface area contributed by atoms with Crippen LogP contribution in [0.2, 0.25) is 5.02 Å². The predicted molar refractivity (Wildman–Crippen MR) is 85.4 cm³/mol. The SMILES string of the molecule is Cc1ccccc1NC(=O)N1CC(Oc2ncccc2Cl)C1. The minimum atomic E-state index is -0.124. The topological polar surface area (TPSA) is 54.5 Å². The van der Waals surface area contributed by atoms with Gasteiger partial charge in [-0.15, -0.1) is 0 Å². The molecule has 3 rings (SSSR count). The number of likely N-dealkylation sites (tertiary alicyclic amines) is 1. The number of benzene rings is 1. The lowest BCUT2D eigenvalue weighted by Gasteiger charge is -2.38. The Morgan fingerprint density at radius 1 is 1.32 bits per heavy atom. The normalized spacial score (nSPS) is 14.4. The summed E-state index contributed by atoms with van der Waals surface area (Å²) in [4.78, 5) is 17.9. The van der Waals surface area contributed by atoms with Gasteiger partial charge in [0, 0.05) is 11.9 Å². The molecule has 0 spiro atoms. The molecule has 5 nitrogen and oxygen atoms in total. The van der Waals surface area contributed by atoms with Crippen LogP contribution in [0, 0.1) is 6.92 Å². The van der Waals surface area contributed by atoms with Crippen molar-refractivity contribution >= 4 is 23.3 Å². The number of carbonyl (C=O) groups excluding carboxylic acids is 1. The molecular formula is C16H16ClN3O2. The molecule has 1 aromatic heterocycles. The zero-order chi connectivity index (χ0) is 15.5. The van der Waals surface area contributed by atoms with Gasteiger partial charge in [0.25, 0.3) is 0 Å². The molecule has 1 saturated heterocycles. The second-order valence-electron chi connectivity index (χ2n) is 5.18. The van der Waals surface area contributed by atoms with Crippen molar-refractivity contribution in [1.29, 1.82) is 0 Å². The maximum absolute atomic E-state index is 12.1. The van der Waals surface area contributed by atoms with Crippen molar-refractivity contribution in [2.75, 3.05) is 18.4 Å². The third kappa shape index (κ3) is 3.14. The standard InChI is InChI=1S/C16H16ClN3O2/c1-11-5-2-3-7-14(11)19-16(21)20-9-12(10-20)22-15-13(17)6-4-8-18-15/h2-8,12H,9-10H2,1H3,(H,19,21). The zero-order valence-electron chi connectivity index (χ0n) is 12.1. The van der Waals surface area contributed by atoms with E-state index in [2.05, 4.69) is 10.3 Å². The third-order valence-electron chi connectivity index (χ3n) is 3.52. The van der Waals surface area contributed by atoms with E-state index in [4.69, 9.17) is 16.3 Å². The smallest absolute Gasteiger partial charge is 0.322 e. The van der Waals surface area contributed by atoms with E-state index in [1.165, 1.54) is 0 Å². The number of aromatic nitrogens is 1.